The third-order valence-electron chi connectivity index (χ3n) is 4.65. The number of fused-ring (bicyclic) bond motifs is 3. The van der Waals surface area contributed by atoms with Crippen molar-refractivity contribution in [2.24, 2.45) is 16.5 Å². The van der Waals surface area contributed by atoms with Gasteiger partial charge < -0.3 is 26.6 Å². The first-order valence-electron chi connectivity index (χ1n) is 8.87. The van der Waals surface area contributed by atoms with Crippen LogP contribution in [0, 0.1) is 0 Å². The zero-order valence-electron chi connectivity index (χ0n) is 15.6. The number of hydrogen-bond acceptors (Lipinski definition) is 4. The van der Waals surface area contributed by atoms with Crippen LogP contribution in [0.2, 0.25) is 0 Å². The van der Waals surface area contributed by atoms with Crippen molar-refractivity contribution >= 4 is 30.4 Å². The van der Waals surface area contributed by atoms with Crippen LogP contribution in [0.3, 0.4) is 0 Å². The molecular weight excluding hydrogens is 396 g/mol. The van der Waals surface area contributed by atoms with Crippen molar-refractivity contribution in [2.75, 3.05) is 13.2 Å². The number of ether oxygens (including phenoxy) is 1. The van der Waals surface area contributed by atoms with E-state index in [2.05, 4.69) is 10.3 Å². The molecule has 8 nitrogen and oxygen atoms in total. The van der Waals surface area contributed by atoms with Crippen LogP contribution < -0.4 is 16.8 Å². The Kier molecular flexibility index (Phi) is 7.44. The molecule has 0 saturated heterocycles. The molecule has 0 saturated carbocycles. The Labute approximate surface area is 174 Å². The summed E-state index contributed by atoms with van der Waals surface area (Å²) in [5, 5.41) is 11.6. The molecule has 0 bridgehead atoms. The molecule has 1 amide bonds. The van der Waals surface area contributed by atoms with E-state index < -0.39 is 18.1 Å². The molecule has 0 spiro atoms. The maximum atomic E-state index is 12.2. The van der Waals surface area contributed by atoms with Crippen molar-refractivity contribution in [2.45, 2.75) is 18.4 Å². The van der Waals surface area contributed by atoms with Gasteiger partial charge in [0.15, 0.2) is 5.96 Å². The second-order valence-corrected chi connectivity index (χ2v) is 6.46. The summed E-state index contributed by atoms with van der Waals surface area (Å²) in [6, 6.07) is 14.8. The molecule has 0 aromatic heterocycles. The van der Waals surface area contributed by atoms with Crippen molar-refractivity contribution in [1.29, 1.82) is 0 Å². The van der Waals surface area contributed by atoms with E-state index in [4.69, 9.17) is 16.2 Å². The highest BCUT2D eigenvalue weighted by Gasteiger charge is 2.29. The molecule has 6 N–H and O–H groups in total. The molecule has 2 aromatic rings. The summed E-state index contributed by atoms with van der Waals surface area (Å²) in [5.41, 5.74) is 14.8. The number of hydrogen-bond donors (Lipinski definition) is 4. The Morgan fingerprint density at radius 3 is 2.14 bits per heavy atom. The SMILES string of the molecule is Cl.NC(N)=NCC[C@H](NC(=O)OCC1c2ccccc2-c2ccccc21)C(=O)O. The van der Waals surface area contributed by atoms with E-state index in [0.717, 1.165) is 22.3 Å². The molecule has 9 heteroatoms. The van der Waals surface area contributed by atoms with Gasteiger partial charge in [0.05, 0.1) is 0 Å². The Balaban J connectivity index is 0.00000300. The molecule has 0 aliphatic heterocycles. The number of carbonyl (C=O) groups excluding carboxylic acids is 1. The van der Waals surface area contributed by atoms with Gasteiger partial charge in [-0.2, -0.15) is 0 Å². The quantitative estimate of drug-likeness (QED) is 0.400. The predicted molar refractivity (Wildman–Crippen MR) is 112 cm³/mol. The molecule has 3 rings (SSSR count). The number of carbonyl (C=O) groups is 2. The van der Waals surface area contributed by atoms with Gasteiger partial charge >= 0.3 is 12.1 Å². The number of carboxylic acids is 1. The van der Waals surface area contributed by atoms with Gasteiger partial charge in [-0.3, -0.25) is 4.99 Å². The average Bonchev–Trinajstić information content (AvgIpc) is 2.99. The molecule has 0 radical (unpaired) electrons. The summed E-state index contributed by atoms with van der Waals surface area (Å²) in [6.07, 6.45) is -0.740. The second kappa shape index (κ2) is 9.79. The van der Waals surface area contributed by atoms with Crippen molar-refractivity contribution in [3.63, 3.8) is 0 Å². The molecule has 2 aromatic carbocycles. The smallest absolute Gasteiger partial charge is 0.407 e. The lowest BCUT2D eigenvalue weighted by molar-refractivity contribution is -0.139. The Hall–Kier alpha value is -3.26. The number of nitrogens with two attached hydrogens (primary N) is 2. The third kappa shape index (κ3) is 5.17. The van der Waals surface area contributed by atoms with Crippen molar-refractivity contribution in [3.05, 3.63) is 59.7 Å². The number of rotatable bonds is 7. The topological polar surface area (TPSA) is 140 Å². The van der Waals surface area contributed by atoms with E-state index in [9.17, 15) is 14.7 Å². The fourth-order valence-corrected chi connectivity index (χ4v) is 3.36. The summed E-state index contributed by atoms with van der Waals surface area (Å²) < 4.78 is 5.35. The van der Waals surface area contributed by atoms with E-state index >= 15 is 0 Å². The van der Waals surface area contributed by atoms with Crippen LogP contribution in [-0.4, -0.2) is 42.3 Å². The largest absolute Gasteiger partial charge is 0.480 e. The predicted octanol–water partition coefficient (Wildman–Crippen LogP) is 2.06. The summed E-state index contributed by atoms with van der Waals surface area (Å²) in [7, 11) is 0. The van der Waals surface area contributed by atoms with Gasteiger partial charge in [0.25, 0.3) is 0 Å². The Morgan fingerprint density at radius 1 is 1.07 bits per heavy atom. The maximum Gasteiger partial charge on any atom is 0.407 e. The number of carboxylic acid groups (broad SMARTS) is 1. The second-order valence-electron chi connectivity index (χ2n) is 6.46. The number of alkyl carbamates (subject to hydrolysis) is 1. The van der Waals surface area contributed by atoms with Crippen LogP contribution in [0.25, 0.3) is 11.1 Å². The zero-order valence-corrected chi connectivity index (χ0v) is 16.4. The number of aliphatic imine (C=N–C) groups is 1. The van der Waals surface area contributed by atoms with Gasteiger partial charge in [-0.1, -0.05) is 48.5 Å². The minimum absolute atomic E-state index is 0. The first-order chi connectivity index (χ1) is 13.5. The molecule has 0 unspecified atom stereocenters. The summed E-state index contributed by atoms with van der Waals surface area (Å²) >= 11 is 0. The Bertz CT molecular complexity index is 869. The number of nitrogens with zero attached hydrogens (tertiary/aromatic N) is 1. The van der Waals surface area contributed by atoms with Crippen molar-refractivity contribution in [3.8, 4) is 11.1 Å². The molecular formula is C20H23ClN4O4. The number of nitrogens with one attached hydrogen (secondary N) is 1. The van der Waals surface area contributed by atoms with Crippen LogP contribution in [-0.2, 0) is 9.53 Å². The molecule has 1 aliphatic rings. The molecule has 154 valence electrons. The van der Waals surface area contributed by atoms with Gasteiger partial charge in [0.2, 0.25) is 0 Å². The van der Waals surface area contributed by atoms with E-state index in [0.29, 0.717) is 0 Å². The molecule has 1 aliphatic carbocycles. The van der Waals surface area contributed by atoms with Gasteiger partial charge in [-0.25, -0.2) is 9.59 Å². The standard InChI is InChI=1S/C20H22N4O4.ClH/c21-19(22)23-10-9-17(18(25)26)24-20(27)28-11-16-14-7-3-1-5-12(14)13-6-2-4-8-15(13)16;/h1-8,16-17H,9-11H2,(H,24,27)(H,25,26)(H4,21,22,23);1H/t17-;/m0./s1. The summed E-state index contributed by atoms with van der Waals surface area (Å²) in [5.74, 6) is -1.41. The highest BCUT2D eigenvalue weighted by atomic mass is 35.5. The first-order valence-corrected chi connectivity index (χ1v) is 8.87. The third-order valence-corrected chi connectivity index (χ3v) is 4.65. The maximum absolute atomic E-state index is 12.2. The minimum atomic E-state index is -1.18. The monoisotopic (exact) mass is 418 g/mol. The van der Waals surface area contributed by atoms with Crippen LogP contribution >= 0.6 is 12.4 Å². The van der Waals surface area contributed by atoms with Crippen LogP contribution in [0.4, 0.5) is 4.79 Å². The van der Waals surface area contributed by atoms with Gasteiger partial charge in [-0.15, -0.1) is 12.4 Å². The van der Waals surface area contributed by atoms with E-state index in [-0.39, 0.29) is 43.9 Å². The lowest BCUT2D eigenvalue weighted by Gasteiger charge is -2.17. The number of amides is 1. The number of benzene rings is 2. The highest BCUT2D eigenvalue weighted by Crippen LogP contribution is 2.44. The van der Waals surface area contributed by atoms with Crippen molar-refractivity contribution < 1.29 is 19.4 Å². The molecule has 0 heterocycles. The fraction of sp³-hybridized carbons (Fsp3) is 0.250. The molecule has 0 fully saturated rings. The Morgan fingerprint density at radius 2 is 1.62 bits per heavy atom. The number of halogens is 1. The van der Waals surface area contributed by atoms with E-state index in [1.165, 1.54) is 0 Å². The lowest BCUT2D eigenvalue weighted by atomic mass is 9.98. The average molecular weight is 419 g/mol. The van der Waals surface area contributed by atoms with Crippen LogP contribution in [0.1, 0.15) is 23.5 Å². The number of guanidine groups is 1. The normalized spacial score (nSPS) is 12.7. The van der Waals surface area contributed by atoms with Crippen LogP contribution in [0.5, 0.6) is 0 Å². The first kappa shape index (κ1) is 22.0. The minimum Gasteiger partial charge on any atom is -0.480 e. The van der Waals surface area contributed by atoms with Crippen molar-refractivity contribution in [1.82, 2.24) is 5.32 Å². The van der Waals surface area contributed by atoms with Gasteiger partial charge in [0.1, 0.15) is 12.6 Å². The lowest BCUT2D eigenvalue weighted by Crippen LogP contribution is -2.42. The highest BCUT2D eigenvalue weighted by molar-refractivity contribution is 5.85. The van der Waals surface area contributed by atoms with Gasteiger partial charge in [0, 0.05) is 12.5 Å². The summed E-state index contributed by atoms with van der Waals surface area (Å²) in [6.45, 7) is 0.197. The molecule has 1 atom stereocenters. The number of aliphatic carboxylic acids is 1. The summed E-state index contributed by atoms with van der Waals surface area (Å²) in [4.78, 5) is 27.2. The zero-order chi connectivity index (χ0) is 20.1. The van der Waals surface area contributed by atoms with Gasteiger partial charge in [-0.05, 0) is 28.7 Å². The van der Waals surface area contributed by atoms with E-state index in [1.54, 1.807) is 0 Å². The molecule has 29 heavy (non-hydrogen) atoms. The van der Waals surface area contributed by atoms with E-state index in [1.807, 2.05) is 48.5 Å². The van der Waals surface area contributed by atoms with Crippen LogP contribution in [0.15, 0.2) is 53.5 Å². The fourth-order valence-electron chi connectivity index (χ4n) is 3.36.